The van der Waals surface area contributed by atoms with Crippen LogP contribution in [0.1, 0.15) is 17.2 Å². The van der Waals surface area contributed by atoms with Crippen LogP contribution in [0.5, 0.6) is 5.75 Å². The van der Waals surface area contributed by atoms with E-state index in [0.717, 1.165) is 18.4 Å². The van der Waals surface area contributed by atoms with Gasteiger partial charge in [0.15, 0.2) is 11.6 Å². The lowest BCUT2D eigenvalue weighted by molar-refractivity contribution is -0.139. The molecular formula is C15H15ClF3N3O4S. The lowest BCUT2D eigenvalue weighted by Crippen LogP contribution is -2.21. The molecular weight excluding hydrogens is 411 g/mol. The summed E-state index contributed by atoms with van der Waals surface area (Å²) in [5.74, 6) is 0.241. The van der Waals surface area contributed by atoms with Crippen LogP contribution in [0.15, 0.2) is 30.5 Å². The van der Waals surface area contributed by atoms with Crippen LogP contribution >= 0.6 is 11.6 Å². The van der Waals surface area contributed by atoms with Crippen LogP contribution in [0.2, 0.25) is 5.28 Å². The number of nitrogens with one attached hydrogen (secondary N) is 1. The molecule has 2 aromatic rings. The van der Waals surface area contributed by atoms with Crippen molar-refractivity contribution in [1.82, 2.24) is 9.97 Å². The predicted octanol–water partition coefficient (Wildman–Crippen LogP) is 3.29. The summed E-state index contributed by atoms with van der Waals surface area (Å²) in [5.41, 5.74) is -1.40. The Kier molecular flexibility index (Phi) is 6.50. The summed E-state index contributed by atoms with van der Waals surface area (Å²) >= 11 is 5.67. The first-order chi connectivity index (χ1) is 12.5. The highest BCUT2D eigenvalue weighted by Crippen LogP contribution is 2.36. The van der Waals surface area contributed by atoms with Crippen molar-refractivity contribution in [1.29, 1.82) is 0 Å². The van der Waals surface area contributed by atoms with Crippen molar-refractivity contribution >= 4 is 27.5 Å². The third-order valence-corrected chi connectivity index (χ3v) is 4.02. The molecule has 0 bridgehead atoms. The fourth-order valence-corrected chi connectivity index (χ4v) is 2.93. The van der Waals surface area contributed by atoms with E-state index in [1.54, 1.807) is 0 Å². The van der Waals surface area contributed by atoms with Crippen molar-refractivity contribution in [2.24, 2.45) is 0 Å². The number of hydrogen-bond acceptors (Lipinski definition) is 7. The Morgan fingerprint density at radius 2 is 1.96 bits per heavy atom. The summed E-state index contributed by atoms with van der Waals surface area (Å²) in [6.07, 6.45) is -4.30. The largest absolute Gasteiger partial charge is 0.485 e. The number of rotatable bonds is 7. The minimum absolute atomic E-state index is 0.0634. The molecule has 12 heteroatoms. The quantitative estimate of drug-likeness (QED) is 0.537. The van der Waals surface area contributed by atoms with Crippen molar-refractivity contribution in [3.63, 3.8) is 0 Å². The zero-order chi connectivity index (χ0) is 20.2. The van der Waals surface area contributed by atoms with E-state index in [0.29, 0.717) is 0 Å². The molecule has 148 valence electrons. The van der Waals surface area contributed by atoms with Gasteiger partial charge in [0.05, 0.1) is 18.0 Å². The maximum absolute atomic E-state index is 13.3. The zero-order valence-corrected chi connectivity index (χ0v) is 15.7. The fraction of sp³-hybridized carbons (Fsp3) is 0.333. The Morgan fingerprint density at radius 3 is 2.56 bits per heavy atom. The van der Waals surface area contributed by atoms with E-state index in [9.17, 15) is 21.6 Å². The molecule has 0 aliphatic carbocycles. The summed E-state index contributed by atoms with van der Waals surface area (Å²) in [5, 5.41) is 2.61. The topological polar surface area (TPSA) is 90.4 Å². The Balaban J connectivity index is 2.37. The van der Waals surface area contributed by atoms with E-state index in [2.05, 4.69) is 15.3 Å². The molecule has 0 fully saturated rings. The van der Waals surface area contributed by atoms with E-state index >= 15 is 0 Å². The SMILES string of the molecule is CNc1nc(Cl)ncc1OCC(OS(C)(=O)=O)c1ccccc1C(F)(F)F. The van der Waals surface area contributed by atoms with Gasteiger partial charge in [0.1, 0.15) is 12.7 Å². The highest BCUT2D eigenvalue weighted by atomic mass is 35.5. The molecule has 1 atom stereocenters. The van der Waals surface area contributed by atoms with Crippen molar-refractivity contribution in [2.75, 3.05) is 25.2 Å². The molecule has 7 nitrogen and oxygen atoms in total. The van der Waals surface area contributed by atoms with Crippen LogP contribution in [0.3, 0.4) is 0 Å². The first-order valence-electron chi connectivity index (χ1n) is 7.38. The van der Waals surface area contributed by atoms with Gasteiger partial charge in [0.2, 0.25) is 5.28 Å². The third kappa shape index (κ3) is 5.94. The summed E-state index contributed by atoms with van der Waals surface area (Å²) in [6, 6.07) is 4.49. The number of halogens is 4. The van der Waals surface area contributed by atoms with Crippen LogP contribution < -0.4 is 10.1 Å². The molecule has 1 aromatic carbocycles. The maximum Gasteiger partial charge on any atom is 0.416 e. The van der Waals surface area contributed by atoms with Gasteiger partial charge in [-0.25, -0.2) is 4.98 Å². The van der Waals surface area contributed by atoms with Crippen LogP contribution in [0.4, 0.5) is 19.0 Å². The molecule has 27 heavy (non-hydrogen) atoms. The maximum atomic E-state index is 13.3. The zero-order valence-electron chi connectivity index (χ0n) is 14.1. The average Bonchev–Trinajstić information content (AvgIpc) is 2.57. The number of hydrogen-bond donors (Lipinski definition) is 1. The second-order valence-electron chi connectivity index (χ2n) is 5.29. The highest BCUT2D eigenvalue weighted by Gasteiger charge is 2.36. The van der Waals surface area contributed by atoms with Gasteiger partial charge in [-0.15, -0.1) is 0 Å². The van der Waals surface area contributed by atoms with Crippen molar-refractivity contribution in [2.45, 2.75) is 12.3 Å². The smallest absolute Gasteiger partial charge is 0.416 e. The van der Waals surface area contributed by atoms with Crippen molar-refractivity contribution < 1.29 is 30.5 Å². The highest BCUT2D eigenvalue weighted by molar-refractivity contribution is 7.86. The summed E-state index contributed by atoms with van der Waals surface area (Å²) < 4.78 is 73.2. The third-order valence-electron chi connectivity index (χ3n) is 3.26. The fourth-order valence-electron chi connectivity index (χ4n) is 2.22. The summed E-state index contributed by atoms with van der Waals surface area (Å²) in [7, 11) is -2.55. The molecule has 2 rings (SSSR count). The van der Waals surface area contributed by atoms with Gasteiger partial charge in [-0.05, 0) is 23.2 Å². The van der Waals surface area contributed by atoms with Gasteiger partial charge < -0.3 is 10.1 Å². The summed E-state index contributed by atoms with van der Waals surface area (Å²) in [4.78, 5) is 7.57. The van der Waals surface area contributed by atoms with E-state index in [-0.39, 0.29) is 22.4 Å². The minimum Gasteiger partial charge on any atom is -0.485 e. The predicted molar refractivity (Wildman–Crippen MR) is 92.2 cm³/mol. The van der Waals surface area contributed by atoms with E-state index in [4.69, 9.17) is 20.5 Å². The van der Waals surface area contributed by atoms with Gasteiger partial charge in [-0.2, -0.15) is 26.6 Å². The van der Waals surface area contributed by atoms with Crippen LogP contribution in [-0.2, 0) is 20.5 Å². The number of aromatic nitrogens is 2. The van der Waals surface area contributed by atoms with Crippen LogP contribution in [-0.4, -0.2) is 38.3 Å². The molecule has 0 spiro atoms. The molecule has 1 heterocycles. The molecule has 0 saturated carbocycles. The monoisotopic (exact) mass is 425 g/mol. The molecule has 1 N–H and O–H groups in total. The lowest BCUT2D eigenvalue weighted by atomic mass is 10.0. The normalized spacial score (nSPS) is 13.3. The molecule has 0 aliphatic rings. The van der Waals surface area contributed by atoms with Gasteiger partial charge in [-0.1, -0.05) is 18.2 Å². The second kappa shape index (κ2) is 8.28. The Morgan fingerprint density at radius 1 is 1.30 bits per heavy atom. The molecule has 1 unspecified atom stereocenters. The Hall–Kier alpha value is -2.11. The van der Waals surface area contributed by atoms with Crippen LogP contribution in [0.25, 0.3) is 0 Å². The van der Waals surface area contributed by atoms with Crippen molar-refractivity contribution in [3.05, 3.63) is 46.9 Å². The molecule has 0 amide bonds. The number of anilines is 1. The van der Waals surface area contributed by atoms with E-state index in [1.165, 1.54) is 25.4 Å². The molecule has 0 saturated heterocycles. The minimum atomic E-state index is -4.70. The number of benzene rings is 1. The summed E-state index contributed by atoms with van der Waals surface area (Å²) in [6.45, 7) is -0.542. The lowest BCUT2D eigenvalue weighted by Gasteiger charge is -2.21. The van der Waals surface area contributed by atoms with E-state index < -0.39 is 34.6 Å². The first kappa shape index (κ1) is 21.2. The number of nitrogens with zero attached hydrogens (tertiary/aromatic N) is 2. The van der Waals surface area contributed by atoms with Crippen LogP contribution in [0, 0.1) is 0 Å². The average molecular weight is 426 g/mol. The standard InChI is InChI=1S/C15H15ClF3N3O4S/c1-20-13-11(7-21-14(16)22-13)25-8-12(26-27(2,23)24)9-5-3-4-6-10(9)15(17,18)19/h3-7,12H,8H2,1-2H3,(H,20,21,22). The van der Waals surface area contributed by atoms with Crippen molar-refractivity contribution in [3.8, 4) is 5.75 Å². The number of alkyl halides is 3. The van der Waals surface area contributed by atoms with E-state index in [1.807, 2.05) is 0 Å². The molecule has 0 aliphatic heterocycles. The van der Waals surface area contributed by atoms with Gasteiger partial charge in [0, 0.05) is 7.05 Å². The van der Waals surface area contributed by atoms with Gasteiger partial charge >= 0.3 is 6.18 Å². The van der Waals surface area contributed by atoms with Gasteiger partial charge in [-0.3, -0.25) is 4.18 Å². The Labute approximate surface area is 158 Å². The number of ether oxygens (including phenoxy) is 1. The Bertz CT molecular complexity index is 909. The molecule has 0 radical (unpaired) electrons. The molecule has 1 aromatic heterocycles. The van der Waals surface area contributed by atoms with Gasteiger partial charge in [0.25, 0.3) is 10.1 Å². The second-order valence-corrected chi connectivity index (χ2v) is 7.23. The first-order valence-corrected chi connectivity index (χ1v) is 9.58.